The van der Waals surface area contributed by atoms with Gasteiger partial charge in [-0.1, -0.05) is 30.3 Å². The number of hydrogen-bond acceptors (Lipinski definition) is 9. The van der Waals surface area contributed by atoms with Crippen LogP contribution in [0, 0.1) is 11.8 Å². The van der Waals surface area contributed by atoms with Crippen LogP contribution in [0.2, 0.25) is 0 Å². The molecule has 0 bridgehead atoms. The molecule has 0 unspecified atom stereocenters. The lowest BCUT2D eigenvalue weighted by Gasteiger charge is -2.45. The first-order valence-electron chi connectivity index (χ1n) is 13.2. The highest BCUT2D eigenvalue weighted by atomic mass is 16.3. The van der Waals surface area contributed by atoms with E-state index in [1.807, 2.05) is 24.3 Å². The highest BCUT2D eigenvalue weighted by Gasteiger charge is 2.59. The van der Waals surface area contributed by atoms with Crippen molar-refractivity contribution in [3.8, 4) is 16.9 Å². The van der Waals surface area contributed by atoms with Gasteiger partial charge in [0.2, 0.25) is 11.7 Å². The predicted octanol–water partition coefficient (Wildman–Crippen LogP) is 1.43. The summed E-state index contributed by atoms with van der Waals surface area (Å²) >= 11 is 0. The van der Waals surface area contributed by atoms with E-state index in [0.717, 1.165) is 11.1 Å². The number of phenolic OH excluding ortho intramolecular Hbond substituents is 1. The number of ketones is 2. The van der Waals surface area contributed by atoms with Gasteiger partial charge < -0.3 is 36.4 Å². The smallest absolute Gasteiger partial charge is 0.255 e. The Kier molecular flexibility index (Phi) is 6.96. The number of aliphatic hydroxyl groups is 3. The predicted molar refractivity (Wildman–Crippen MR) is 147 cm³/mol. The van der Waals surface area contributed by atoms with E-state index in [0.29, 0.717) is 17.7 Å². The number of hydrogen-bond donors (Lipinski definition) is 6. The van der Waals surface area contributed by atoms with Gasteiger partial charge in [0.15, 0.2) is 11.4 Å². The lowest BCUT2D eigenvalue weighted by Crippen LogP contribution is -2.57. The number of amides is 2. The third kappa shape index (κ3) is 4.56. The molecule has 3 aliphatic rings. The summed E-state index contributed by atoms with van der Waals surface area (Å²) in [5.41, 5.74) is 4.47. The fourth-order valence-electron chi connectivity index (χ4n) is 6.24. The third-order valence-electron chi connectivity index (χ3n) is 8.16. The number of rotatable bonds is 6. The number of nitrogens with one attached hydrogen (secondary N) is 1. The summed E-state index contributed by atoms with van der Waals surface area (Å²) in [6.45, 7) is 0.615. The van der Waals surface area contributed by atoms with Crippen LogP contribution in [0.5, 0.6) is 5.75 Å². The van der Waals surface area contributed by atoms with Gasteiger partial charge >= 0.3 is 0 Å². The molecule has 11 nitrogen and oxygen atoms in total. The van der Waals surface area contributed by atoms with E-state index in [4.69, 9.17) is 5.73 Å². The molecule has 0 aromatic heterocycles. The van der Waals surface area contributed by atoms with Gasteiger partial charge in [-0.2, -0.15) is 0 Å². The minimum Gasteiger partial charge on any atom is -0.511 e. The number of allylic oxidation sites excluding steroid dienone is 2. The number of aromatic hydroxyl groups is 1. The van der Waals surface area contributed by atoms with E-state index in [9.17, 15) is 39.6 Å². The van der Waals surface area contributed by atoms with Crippen LogP contribution in [-0.4, -0.2) is 74.9 Å². The molecule has 214 valence electrons. The normalized spacial score (nSPS) is 23.7. The second-order valence-electron chi connectivity index (χ2n) is 11.1. The minimum absolute atomic E-state index is 0.0425. The Balaban J connectivity index is 1.50. The Labute approximate surface area is 235 Å². The van der Waals surface area contributed by atoms with Crippen molar-refractivity contribution in [2.45, 2.75) is 31.4 Å². The number of benzene rings is 2. The van der Waals surface area contributed by atoms with Crippen LogP contribution >= 0.6 is 0 Å². The number of aliphatic hydroxyl groups excluding tert-OH is 2. The zero-order valence-electron chi connectivity index (χ0n) is 22.6. The average Bonchev–Trinajstić information content (AvgIpc) is 2.89. The maximum Gasteiger partial charge on any atom is 0.255 e. The molecule has 2 aromatic carbocycles. The molecule has 41 heavy (non-hydrogen) atoms. The number of Topliss-reactive ketones (excluding diaryl/α,β-unsaturated/α-hetero) is 2. The standard InChI is InChI=1S/C30H31N3O8/c1-33(2)13-22(36)32-12-14-3-5-15(6-4-14)18-7-8-20(34)24-19(18)10-16-9-17-11-21(35)25(29(31)40)28(39)30(17,41)27(38)23(16)26(24)37/h3-8,16-17,34-35,38,41H,9-13H2,1-2H3,(H2,31,40)(H,32,36)/t16-,17+,30+/m1/s1. The van der Waals surface area contributed by atoms with Crippen LogP contribution < -0.4 is 11.1 Å². The zero-order chi connectivity index (χ0) is 29.8. The number of likely N-dealkylation sites (N-methyl/N-ethyl adjacent to an activating group) is 1. The van der Waals surface area contributed by atoms with Gasteiger partial charge in [-0.15, -0.1) is 0 Å². The Morgan fingerprint density at radius 1 is 1.05 bits per heavy atom. The van der Waals surface area contributed by atoms with Crippen molar-refractivity contribution in [2.75, 3.05) is 20.6 Å². The van der Waals surface area contributed by atoms with Crippen molar-refractivity contribution in [1.29, 1.82) is 0 Å². The topological polar surface area (TPSA) is 190 Å². The summed E-state index contributed by atoms with van der Waals surface area (Å²) in [6, 6.07) is 10.5. The lowest BCUT2D eigenvalue weighted by molar-refractivity contribution is -0.144. The highest BCUT2D eigenvalue weighted by molar-refractivity contribution is 6.24. The van der Waals surface area contributed by atoms with E-state index >= 15 is 0 Å². The van der Waals surface area contributed by atoms with Crippen molar-refractivity contribution in [3.05, 3.63) is 75.8 Å². The number of nitrogens with zero attached hydrogens (tertiary/aromatic N) is 1. The maximum absolute atomic E-state index is 13.8. The molecule has 2 aromatic rings. The summed E-state index contributed by atoms with van der Waals surface area (Å²) < 4.78 is 0. The molecule has 7 N–H and O–H groups in total. The van der Waals surface area contributed by atoms with Crippen LogP contribution in [-0.2, 0) is 27.3 Å². The van der Waals surface area contributed by atoms with Gasteiger partial charge in [-0.3, -0.25) is 19.2 Å². The summed E-state index contributed by atoms with van der Waals surface area (Å²) in [5.74, 6) is -6.71. The molecule has 0 saturated carbocycles. The van der Waals surface area contributed by atoms with Crippen molar-refractivity contribution in [3.63, 3.8) is 0 Å². The maximum atomic E-state index is 13.8. The number of fused-ring (bicyclic) bond motifs is 3. The fraction of sp³-hybridized carbons (Fsp3) is 0.333. The first-order valence-corrected chi connectivity index (χ1v) is 13.2. The second-order valence-corrected chi connectivity index (χ2v) is 11.1. The molecule has 0 fully saturated rings. The average molecular weight is 562 g/mol. The highest BCUT2D eigenvalue weighted by Crippen LogP contribution is 2.52. The number of carbonyl (C=O) groups is 4. The van der Waals surface area contributed by atoms with Gasteiger partial charge in [0.25, 0.3) is 5.91 Å². The first-order chi connectivity index (χ1) is 19.3. The largest absolute Gasteiger partial charge is 0.511 e. The van der Waals surface area contributed by atoms with Gasteiger partial charge in [-0.25, -0.2) is 0 Å². The molecule has 0 saturated heterocycles. The van der Waals surface area contributed by atoms with E-state index in [1.165, 1.54) is 6.07 Å². The molecule has 5 rings (SSSR count). The molecule has 11 heteroatoms. The van der Waals surface area contributed by atoms with Gasteiger partial charge in [0.05, 0.1) is 12.1 Å². The number of nitrogens with two attached hydrogens (primary N) is 1. The Bertz CT molecular complexity index is 1560. The third-order valence-corrected chi connectivity index (χ3v) is 8.16. The molecule has 3 atom stereocenters. The molecule has 0 aliphatic heterocycles. The van der Waals surface area contributed by atoms with Crippen molar-refractivity contribution < 1.29 is 39.6 Å². The quantitative estimate of drug-likeness (QED) is 0.283. The van der Waals surface area contributed by atoms with E-state index in [1.54, 1.807) is 25.1 Å². The zero-order valence-corrected chi connectivity index (χ0v) is 22.6. The number of phenols is 1. The van der Waals surface area contributed by atoms with Gasteiger partial charge in [-0.05, 0) is 61.2 Å². The monoisotopic (exact) mass is 561 g/mol. The molecule has 2 amide bonds. The minimum atomic E-state index is -2.60. The van der Waals surface area contributed by atoms with Gasteiger partial charge in [0, 0.05) is 24.5 Å². The van der Waals surface area contributed by atoms with E-state index in [2.05, 4.69) is 5.32 Å². The molecule has 0 heterocycles. The second kappa shape index (κ2) is 10.2. The SMILES string of the molecule is CN(C)CC(=O)NCc1ccc(-c2ccc(O)c3c2C[C@H]2C[C@H]4CC(O)=C(C(N)=O)C(=O)[C@@]4(O)C(O)=C2C3=O)cc1. The first kappa shape index (κ1) is 28.1. The Hall–Kier alpha value is -4.48. The van der Waals surface area contributed by atoms with Crippen LogP contribution in [0.4, 0.5) is 0 Å². The molecule has 0 spiro atoms. The summed E-state index contributed by atoms with van der Waals surface area (Å²) in [5, 5.41) is 46.4. The van der Waals surface area contributed by atoms with Crippen molar-refractivity contribution in [1.82, 2.24) is 10.2 Å². The Morgan fingerprint density at radius 3 is 2.37 bits per heavy atom. The number of carbonyl (C=O) groups excluding carboxylic acids is 4. The number of primary amides is 1. The van der Waals surface area contributed by atoms with Crippen molar-refractivity contribution >= 4 is 23.4 Å². The van der Waals surface area contributed by atoms with Crippen LogP contribution in [0.3, 0.4) is 0 Å². The molecular formula is C30H31N3O8. The summed E-state index contributed by atoms with van der Waals surface area (Å²) in [4.78, 5) is 52.4. The lowest BCUT2D eigenvalue weighted by atomic mass is 9.60. The van der Waals surface area contributed by atoms with Crippen molar-refractivity contribution in [2.24, 2.45) is 17.6 Å². The van der Waals surface area contributed by atoms with E-state index < -0.39 is 52.0 Å². The van der Waals surface area contributed by atoms with Crippen LogP contribution in [0.15, 0.2) is 59.1 Å². The van der Waals surface area contributed by atoms with Crippen LogP contribution in [0.25, 0.3) is 11.1 Å². The molecule has 3 aliphatic carbocycles. The van der Waals surface area contributed by atoms with Crippen LogP contribution in [0.1, 0.15) is 34.3 Å². The van der Waals surface area contributed by atoms with Gasteiger partial charge in [0.1, 0.15) is 22.8 Å². The molecule has 0 radical (unpaired) electrons. The summed E-state index contributed by atoms with van der Waals surface area (Å²) in [6.07, 6.45) is -0.0150. The molecular weight excluding hydrogens is 530 g/mol. The summed E-state index contributed by atoms with van der Waals surface area (Å²) in [7, 11) is 3.61. The van der Waals surface area contributed by atoms with E-state index in [-0.39, 0.29) is 48.6 Å². The fourth-order valence-corrected chi connectivity index (χ4v) is 6.24. The Morgan fingerprint density at radius 2 is 1.73 bits per heavy atom.